The second-order valence-corrected chi connectivity index (χ2v) is 8.16. The fraction of sp³-hybridized carbons (Fsp3) is 0.650. The van der Waals surface area contributed by atoms with Gasteiger partial charge in [-0.25, -0.2) is 9.18 Å². The Labute approximate surface area is 169 Å². The Morgan fingerprint density at radius 3 is 2.75 bits per heavy atom. The highest BCUT2D eigenvalue weighted by Gasteiger charge is 2.28. The molecule has 2 saturated heterocycles. The van der Waals surface area contributed by atoms with E-state index in [-0.39, 0.29) is 17.2 Å². The van der Waals surface area contributed by atoms with Crippen LogP contribution in [0.1, 0.15) is 25.7 Å². The topological polar surface area (TPSA) is 51.2 Å². The van der Waals surface area contributed by atoms with E-state index in [1.165, 1.54) is 12.1 Å². The molecule has 0 radical (unpaired) electrons. The quantitative estimate of drug-likeness (QED) is 0.715. The Hall–Kier alpha value is -1.73. The minimum Gasteiger partial charge on any atom is -0.484 e. The summed E-state index contributed by atoms with van der Waals surface area (Å²) in [5, 5.41) is 0.247. The number of halogens is 2. The van der Waals surface area contributed by atoms with Crippen LogP contribution in [0.15, 0.2) is 12.1 Å². The number of piperidine rings is 1. The first kappa shape index (κ1) is 19.6. The summed E-state index contributed by atoms with van der Waals surface area (Å²) in [4.78, 5) is 15.6. The number of ether oxygens (including phenoxy) is 3. The molecule has 3 aliphatic rings. The smallest absolute Gasteiger partial charge is 0.409 e. The van der Waals surface area contributed by atoms with Gasteiger partial charge in [0, 0.05) is 19.2 Å². The van der Waals surface area contributed by atoms with Crippen molar-refractivity contribution in [2.75, 3.05) is 45.9 Å². The fourth-order valence-electron chi connectivity index (χ4n) is 4.19. The van der Waals surface area contributed by atoms with E-state index >= 15 is 0 Å². The molecule has 8 heteroatoms. The molecule has 0 spiro atoms. The van der Waals surface area contributed by atoms with Crippen molar-refractivity contribution >= 4 is 17.7 Å². The molecule has 1 aromatic rings. The fourth-order valence-corrected chi connectivity index (χ4v) is 4.44. The molecule has 0 saturated carbocycles. The molecule has 0 N–H and O–H groups in total. The summed E-state index contributed by atoms with van der Waals surface area (Å²) in [5.41, 5.74) is 0. The van der Waals surface area contributed by atoms with Crippen LogP contribution in [0, 0.1) is 11.7 Å². The number of nitrogens with zero attached hydrogens (tertiary/aromatic N) is 2. The average Bonchev–Trinajstić information content (AvgIpc) is 3.08. The number of carbonyl (C=O) groups excluding carboxylic acids is 1. The van der Waals surface area contributed by atoms with Crippen molar-refractivity contribution in [1.29, 1.82) is 0 Å². The van der Waals surface area contributed by atoms with Crippen LogP contribution in [0.4, 0.5) is 9.18 Å². The molecular formula is C20H26ClFN2O4. The van der Waals surface area contributed by atoms with Crippen molar-refractivity contribution in [1.82, 2.24) is 9.80 Å². The van der Waals surface area contributed by atoms with Gasteiger partial charge in [-0.05, 0) is 50.8 Å². The molecule has 1 atom stereocenters. The van der Waals surface area contributed by atoms with E-state index in [9.17, 15) is 9.18 Å². The Bertz CT molecular complexity index is 712. The van der Waals surface area contributed by atoms with Crippen LogP contribution >= 0.6 is 11.6 Å². The lowest BCUT2D eigenvalue weighted by molar-refractivity contribution is 0.0467. The monoisotopic (exact) mass is 412 g/mol. The van der Waals surface area contributed by atoms with Gasteiger partial charge in [-0.1, -0.05) is 11.6 Å². The normalized spacial score (nSPS) is 23.1. The van der Waals surface area contributed by atoms with Gasteiger partial charge in [0.15, 0.2) is 11.5 Å². The lowest BCUT2D eigenvalue weighted by Gasteiger charge is -2.36. The highest BCUT2D eigenvalue weighted by atomic mass is 35.5. The van der Waals surface area contributed by atoms with Crippen LogP contribution in [0.2, 0.25) is 5.02 Å². The highest BCUT2D eigenvalue weighted by molar-refractivity contribution is 6.32. The minimum atomic E-state index is -0.420. The second-order valence-electron chi connectivity index (χ2n) is 7.75. The summed E-state index contributed by atoms with van der Waals surface area (Å²) in [6.07, 6.45) is 4.17. The standard InChI is InChI=1S/C20H26ClFN2O4/c21-17-10-15(22)11-18-19(17)27-13-16(28-18)12-23-6-3-14(4-7-23)2-1-5-24-8-9-26-20(24)25/h10-11,14,16H,1-9,12-13H2/t16-/m0/s1. The number of fused-ring (bicyclic) bond motifs is 1. The van der Waals surface area contributed by atoms with Crippen LogP contribution in [0.3, 0.4) is 0 Å². The van der Waals surface area contributed by atoms with Crippen molar-refractivity contribution < 1.29 is 23.4 Å². The lowest BCUT2D eigenvalue weighted by atomic mass is 9.92. The first-order valence-electron chi connectivity index (χ1n) is 10.0. The number of likely N-dealkylation sites (tertiary alicyclic amines) is 1. The SMILES string of the molecule is O=C1OCCN1CCCC1CCN(C[C@H]2COc3c(Cl)cc(F)cc3O2)CC1. The molecule has 0 bridgehead atoms. The molecule has 3 aliphatic heterocycles. The van der Waals surface area contributed by atoms with Crippen LogP contribution in [0.25, 0.3) is 0 Å². The number of hydrogen-bond donors (Lipinski definition) is 0. The van der Waals surface area contributed by atoms with Gasteiger partial charge in [-0.3, -0.25) is 4.90 Å². The predicted octanol–water partition coefficient (Wildman–Crippen LogP) is 3.56. The third-order valence-electron chi connectivity index (χ3n) is 5.74. The van der Waals surface area contributed by atoms with E-state index in [4.69, 9.17) is 25.8 Å². The average molecular weight is 413 g/mol. The minimum absolute atomic E-state index is 0.122. The second kappa shape index (κ2) is 8.74. The molecule has 28 heavy (non-hydrogen) atoms. The van der Waals surface area contributed by atoms with E-state index in [0.717, 1.165) is 58.4 Å². The molecular weight excluding hydrogens is 387 g/mol. The van der Waals surface area contributed by atoms with Crippen LogP contribution in [0.5, 0.6) is 11.5 Å². The Morgan fingerprint density at radius 1 is 1.18 bits per heavy atom. The summed E-state index contributed by atoms with van der Waals surface area (Å²) in [6, 6.07) is 2.57. The maximum atomic E-state index is 13.5. The maximum Gasteiger partial charge on any atom is 0.409 e. The summed E-state index contributed by atoms with van der Waals surface area (Å²) in [7, 11) is 0. The third kappa shape index (κ3) is 4.63. The molecule has 2 fully saturated rings. The molecule has 4 rings (SSSR count). The molecule has 0 aliphatic carbocycles. The van der Waals surface area contributed by atoms with Gasteiger partial charge in [0.2, 0.25) is 0 Å². The summed E-state index contributed by atoms with van der Waals surface area (Å²) in [6.45, 7) is 5.27. The first-order chi connectivity index (χ1) is 13.6. The molecule has 0 aromatic heterocycles. The number of benzene rings is 1. The molecule has 0 unspecified atom stereocenters. The zero-order valence-electron chi connectivity index (χ0n) is 15.9. The van der Waals surface area contributed by atoms with Crippen molar-refractivity contribution in [2.45, 2.75) is 31.8 Å². The largest absolute Gasteiger partial charge is 0.484 e. The van der Waals surface area contributed by atoms with E-state index in [2.05, 4.69) is 4.90 Å². The highest BCUT2D eigenvalue weighted by Crippen LogP contribution is 2.39. The van der Waals surface area contributed by atoms with E-state index in [0.29, 0.717) is 30.6 Å². The predicted molar refractivity (Wildman–Crippen MR) is 103 cm³/mol. The van der Waals surface area contributed by atoms with Gasteiger partial charge in [-0.15, -0.1) is 0 Å². The Morgan fingerprint density at radius 2 is 2.00 bits per heavy atom. The number of carbonyl (C=O) groups is 1. The molecule has 1 aromatic carbocycles. The van der Waals surface area contributed by atoms with Crippen molar-refractivity contribution in [2.24, 2.45) is 5.92 Å². The van der Waals surface area contributed by atoms with Gasteiger partial charge in [0.1, 0.15) is 25.1 Å². The van der Waals surface area contributed by atoms with Crippen LogP contribution < -0.4 is 9.47 Å². The van der Waals surface area contributed by atoms with Gasteiger partial charge in [0.25, 0.3) is 0 Å². The van der Waals surface area contributed by atoms with E-state index < -0.39 is 5.82 Å². The van der Waals surface area contributed by atoms with Crippen LogP contribution in [-0.2, 0) is 4.74 Å². The number of hydrogen-bond acceptors (Lipinski definition) is 5. The summed E-state index contributed by atoms with van der Waals surface area (Å²) in [5.74, 6) is 1.10. The van der Waals surface area contributed by atoms with Crippen LogP contribution in [-0.4, -0.2) is 67.9 Å². The van der Waals surface area contributed by atoms with Crippen molar-refractivity contribution in [3.8, 4) is 11.5 Å². The van der Waals surface area contributed by atoms with Gasteiger partial charge in [-0.2, -0.15) is 0 Å². The van der Waals surface area contributed by atoms with Gasteiger partial charge in [0.05, 0.1) is 11.6 Å². The summed E-state index contributed by atoms with van der Waals surface area (Å²) < 4.78 is 30.1. The van der Waals surface area contributed by atoms with Crippen molar-refractivity contribution in [3.63, 3.8) is 0 Å². The number of rotatable bonds is 6. The van der Waals surface area contributed by atoms with E-state index in [1.807, 2.05) is 0 Å². The number of cyclic esters (lactones) is 1. The molecule has 6 nitrogen and oxygen atoms in total. The Balaban J connectivity index is 1.18. The Kier molecular flexibility index (Phi) is 6.11. The summed E-state index contributed by atoms with van der Waals surface area (Å²) >= 11 is 6.01. The zero-order valence-corrected chi connectivity index (χ0v) is 16.6. The van der Waals surface area contributed by atoms with Gasteiger partial charge < -0.3 is 19.1 Å². The van der Waals surface area contributed by atoms with Gasteiger partial charge >= 0.3 is 6.09 Å². The first-order valence-corrected chi connectivity index (χ1v) is 10.4. The molecule has 1 amide bonds. The molecule has 154 valence electrons. The maximum absolute atomic E-state index is 13.5. The lowest BCUT2D eigenvalue weighted by Crippen LogP contribution is -2.44. The van der Waals surface area contributed by atoms with E-state index in [1.54, 1.807) is 4.90 Å². The molecule has 3 heterocycles. The zero-order chi connectivity index (χ0) is 19.5. The third-order valence-corrected chi connectivity index (χ3v) is 6.02. The number of amides is 1. The van der Waals surface area contributed by atoms with Crippen molar-refractivity contribution in [3.05, 3.63) is 23.0 Å².